The third-order valence-electron chi connectivity index (χ3n) is 2.91. The summed E-state index contributed by atoms with van der Waals surface area (Å²) in [5.74, 6) is 0.874. The van der Waals surface area contributed by atoms with Crippen molar-refractivity contribution in [3.8, 4) is 11.8 Å². The zero-order valence-corrected chi connectivity index (χ0v) is 12.3. The molecular formula is C16H23NO. The van der Waals surface area contributed by atoms with Gasteiger partial charge in [-0.15, -0.1) is 0 Å². The molecule has 18 heavy (non-hydrogen) atoms. The number of nitriles is 1. The van der Waals surface area contributed by atoms with Crippen LogP contribution in [0, 0.1) is 11.3 Å². The molecule has 2 heteroatoms. The summed E-state index contributed by atoms with van der Waals surface area (Å²) in [5, 5.41) is 8.74. The smallest absolute Gasteiger partial charge is 0.174 e. The summed E-state index contributed by atoms with van der Waals surface area (Å²) in [6.45, 7) is 13.1. The van der Waals surface area contributed by atoms with Crippen molar-refractivity contribution in [1.82, 2.24) is 0 Å². The zero-order valence-electron chi connectivity index (χ0n) is 12.3. The van der Waals surface area contributed by atoms with Crippen LogP contribution in [0.15, 0.2) is 18.2 Å². The lowest BCUT2D eigenvalue weighted by Gasteiger charge is -2.29. The average molecular weight is 245 g/mol. The van der Waals surface area contributed by atoms with Crippen molar-refractivity contribution in [3.05, 3.63) is 29.3 Å². The molecule has 1 rings (SSSR count). The Kier molecular flexibility index (Phi) is 4.06. The summed E-state index contributed by atoms with van der Waals surface area (Å²) in [4.78, 5) is 0. The van der Waals surface area contributed by atoms with Gasteiger partial charge in [-0.2, -0.15) is 5.26 Å². The molecule has 98 valence electrons. The highest BCUT2D eigenvalue weighted by atomic mass is 16.5. The minimum absolute atomic E-state index is 0.00600. The van der Waals surface area contributed by atoms with Crippen molar-refractivity contribution in [2.75, 3.05) is 6.61 Å². The number of hydrogen-bond donors (Lipinski definition) is 0. The number of rotatable bonds is 2. The van der Waals surface area contributed by atoms with E-state index in [1.165, 1.54) is 0 Å². The van der Waals surface area contributed by atoms with Crippen molar-refractivity contribution in [2.45, 2.75) is 52.4 Å². The summed E-state index contributed by atoms with van der Waals surface area (Å²) in [6.07, 6.45) is 0. The van der Waals surface area contributed by atoms with E-state index in [0.29, 0.717) is 0 Å². The van der Waals surface area contributed by atoms with Crippen molar-refractivity contribution in [1.29, 1.82) is 5.26 Å². The fourth-order valence-electron chi connectivity index (χ4n) is 1.98. The van der Waals surface area contributed by atoms with Crippen LogP contribution in [0.2, 0.25) is 0 Å². The Labute approximate surface area is 111 Å². The second-order valence-corrected chi connectivity index (χ2v) is 6.63. The maximum Gasteiger partial charge on any atom is 0.174 e. The lowest BCUT2D eigenvalue weighted by atomic mass is 9.79. The molecule has 0 aliphatic carbocycles. The monoisotopic (exact) mass is 245 g/mol. The van der Waals surface area contributed by atoms with Crippen LogP contribution < -0.4 is 4.74 Å². The van der Waals surface area contributed by atoms with Gasteiger partial charge >= 0.3 is 0 Å². The van der Waals surface area contributed by atoms with E-state index in [2.05, 4.69) is 65.8 Å². The van der Waals surface area contributed by atoms with Gasteiger partial charge in [0.2, 0.25) is 0 Å². The van der Waals surface area contributed by atoms with Gasteiger partial charge in [0.05, 0.1) is 0 Å². The molecule has 0 spiro atoms. The molecule has 0 aromatic heterocycles. The molecule has 0 heterocycles. The van der Waals surface area contributed by atoms with E-state index in [9.17, 15) is 0 Å². The highest BCUT2D eigenvalue weighted by molar-refractivity contribution is 5.48. The average Bonchev–Trinajstić information content (AvgIpc) is 2.23. The van der Waals surface area contributed by atoms with Gasteiger partial charge < -0.3 is 4.74 Å². The Morgan fingerprint density at radius 3 is 1.78 bits per heavy atom. The maximum atomic E-state index is 8.74. The van der Waals surface area contributed by atoms with Gasteiger partial charge in [0, 0.05) is 0 Å². The first-order valence-electron chi connectivity index (χ1n) is 6.31. The van der Waals surface area contributed by atoms with Gasteiger partial charge in [0.25, 0.3) is 0 Å². The normalized spacial score (nSPS) is 12.1. The fraction of sp³-hybridized carbons (Fsp3) is 0.562. The van der Waals surface area contributed by atoms with Gasteiger partial charge in [0.15, 0.2) is 6.61 Å². The van der Waals surface area contributed by atoms with Gasteiger partial charge in [0.1, 0.15) is 11.8 Å². The molecule has 1 aromatic rings. The summed E-state index contributed by atoms with van der Waals surface area (Å²) in [6, 6.07) is 8.29. The van der Waals surface area contributed by atoms with E-state index in [4.69, 9.17) is 10.00 Å². The Hall–Kier alpha value is -1.49. The minimum atomic E-state index is 0.00600. The summed E-state index contributed by atoms with van der Waals surface area (Å²) in [5.41, 5.74) is 2.33. The largest absolute Gasteiger partial charge is 0.478 e. The Balaban J connectivity index is 3.41. The van der Waals surface area contributed by atoms with E-state index in [1.54, 1.807) is 0 Å². The SMILES string of the molecule is CC(C)(C)c1cccc(C(C)(C)C)c1OCC#N. The van der Waals surface area contributed by atoms with E-state index < -0.39 is 0 Å². The van der Waals surface area contributed by atoms with Crippen LogP contribution >= 0.6 is 0 Å². The molecule has 0 aliphatic heterocycles. The van der Waals surface area contributed by atoms with E-state index in [1.807, 2.05) is 0 Å². The second-order valence-electron chi connectivity index (χ2n) is 6.63. The summed E-state index contributed by atoms with van der Waals surface area (Å²) >= 11 is 0. The zero-order chi connectivity index (χ0) is 14.0. The van der Waals surface area contributed by atoms with Crippen LogP contribution in [0.1, 0.15) is 52.7 Å². The molecule has 0 saturated heterocycles. The number of hydrogen-bond acceptors (Lipinski definition) is 2. The number of para-hydroxylation sites is 1. The molecule has 1 aromatic carbocycles. The molecular weight excluding hydrogens is 222 g/mol. The topological polar surface area (TPSA) is 33.0 Å². The van der Waals surface area contributed by atoms with Crippen LogP contribution in [0.3, 0.4) is 0 Å². The van der Waals surface area contributed by atoms with Gasteiger partial charge in [-0.1, -0.05) is 59.7 Å². The summed E-state index contributed by atoms with van der Waals surface area (Å²) in [7, 11) is 0. The molecule has 0 radical (unpaired) electrons. The molecule has 0 bridgehead atoms. The lowest BCUT2D eigenvalue weighted by Crippen LogP contribution is -2.19. The van der Waals surface area contributed by atoms with Crippen LogP contribution in [0.25, 0.3) is 0 Å². The van der Waals surface area contributed by atoms with Crippen molar-refractivity contribution < 1.29 is 4.74 Å². The molecule has 0 unspecified atom stereocenters. The molecule has 0 fully saturated rings. The third kappa shape index (κ3) is 3.26. The first-order valence-corrected chi connectivity index (χ1v) is 6.31. The Morgan fingerprint density at radius 2 is 1.44 bits per heavy atom. The number of nitrogens with zero attached hydrogens (tertiary/aromatic N) is 1. The lowest BCUT2D eigenvalue weighted by molar-refractivity contribution is 0.343. The van der Waals surface area contributed by atoms with Gasteiger partial charge in [-0.3, -0.25) is 0 Å². The maximum absolute atomic E-state index is 8.74. The predicted molar refractivity (Wildman–Crippen MR) is 75.0 cm³/mol. The molecule has 0 aliphatic rings. The van der Waals surface area contributed by atoms with Crippen LogP contribution in [0.4, 0.5) is 0 Å². The Morgan fingerprint density at radius 1 is 1.00 bits per heavy atom. The van der Waals surface area contributed by atoms with E-state index >= 15 is 0 Å². The van der Waals surface area contributed by atoms with Gasteiger partial charge in [-0.05, 0) is 22.0 Å². The Bertz CT molecular complexity index is 423. The second kappa shape index (κ2) is 5.02. The molecule has 0 atom stereocenters. The van der Waals surface area contributed by atoms with Crippen LogP contribution in [-0.4, -0.2) is 6.61 Å². The summed E-state index contributed by atoms with van der Waals surface area (Å²) < 4.78 is 5.71. The number of benzene rings is 1. The van der Waals surface area contributed by atoms with Crippen LogP contribution in [0.5, 0.6) is 5.75 Å². The first kappa shape index (κ1) is 14.6. The third-order valence-corrected chi connectivity index (χ3v) is 2.91. The minimum Gasteiger partial charge on any atom is -0.478 e. The molecule has 0 N–H and O–H groups in total. The fourth-order valence-corrected chi connectivity index (χ4v) is 1.98. The van der Waals surface area contributed by atoms with Crippen molar-refractivity contribution >= 4 is 0 Å². The highest BCUT2D eigenvalue weighted by Gasteiger charge is 2.26. The standard InChI is InChI=1S/C16H23NO/c1-15(2,3)12-8-7-9-13(16(4,5)6)14(12)18-11-10-17/h7-9H,11H2,1-6H3. The van der Waals surface area contributed by atoms with Crippen LogP contribution in [-0.2, 0) is 10.8 Å². The predicted octanol–water partition coefficient (Wildman–Crippen LogP) is 4.18. The van der Waals surface area contributed by atoms with E-state index in [0.717, 1.165) is 16.9 Å². The molecule has 2 nitrogen and oxygen atoms in total. The van der Waals surface area contributed by atoms with Gasteiger partial charge in [-0.25, -0.2) is 0 Å². The number of ether oxygens (including phenoxy) is 1. The van der Waals surface area contributed by atoms with Crippen molar-refractivity contribution in [3.63, 3.8) is 0 Å². The van der Waals surface area contributed by atoms with Crippen molar-refractivity contribution in [2.24, 2.45) is 0 Å². The quantitative estimate of drug-likeness (QED) is 0.783. The molecule has 0 amide bonds. The molecule has 0 saturated carbocycles. The van der Waals surface area contributed by atoms with E-state index in [-0.39, 0.29) is 17.4 Å². The highest BCUT2D eigenvalue weighted by Crippen LogP contribution is 2.39. The first-order chi connectivity index (χ1) is 8.18.